The highest BCUT2D eigenvalue weighted by Crippen LogP contribution is 2.62. The third kappa shape index (κ3) is 2.17. The standard InChI is InChI=1S/C9H17NO4P/c1-4-13-15(12,14-5-2)9(3)7-6-8-10(9)11/h6-7H,4-5,8H2,1-3H3/q-1. The fourth-order valence-corrected chi connectivity index (χ4v) is 3.43. The van der Waals surface area contributed by atoms with Crippen LogP contribution in [0.4, 0.5) is 0 Å². The lowest BCUT2D eigenvalue weighted by atomic mass is 10.3. The van der Waals surface area contributed by atoms with Crippen molar-refractivity contribution in [2.45, 2.75) is 26.1 Å². The van der Waals surface area contributed by atoms with Crippen LogP contribution >= 0.6 is 7.60 Å². The molecule has 88 valence electrons. The molecule has 1 rings (SSSR count). The van der Waals surface area contributed by atoms with Crippen molar-refractivity contribution in [2.75, 3.05) is 19.8 Å². The molecule has 0 saturated carbocycles. The Balaban J connectivity index is 2.97. The molecule has 1 unspecified atom stereocenters. The van der Waals surface area contributed by atoms with Gasteiger partial charge in [-0.25, -0.2) is 0 Å². The fourth-order valence-electron chi connectivity index (χ4n) is 1.51. The highest BCUT2D eigenvalue weighted by molar-refractivity contribution is 7.55. The molecule has 0 amide bonds. The molecular formula is C9H17NO4P-. The second-order valence-electron chi connectivity index (χ2n) is 3.39. The van der Waals surface area contributed by atoms with Crippen LogP contribution in [0.15, 0.2) is 12.2 Å². The van der Waals surface area contributed by atoms with Crippen LogP contribution in [-0.2, 0) is 13.6 Å². The molecule has 0 aromatic rings. The SMILES string of the molecule is CCOP(=O)(OCC)C1(C)C=CCN1[O-]. The summed E-state index contributed by atoms with van der Waals surface area (Å²) >= 11 is 0. The van der Waals surface area contributed by atoms with E-state index in [9.17, 15) is 9.77 Å². The second kappa shape index (κ2) is 4.76. The van der Waals surface area contributed by atoms with E-state index in [0.717, 1.165) is 5.06 Å². The van der Waals surface area contributed by atoms with Crippen LogP contribution in [0.1, 0.15) is 20.8 Å². The van der Waals surface area contributed by atoms with Crippen molar-refractivity contribution in [2.24, 2.45) is 0 Å². The molecule has 0 aliphatic carbocycles. The number of nitrogens with zero attached hydrogens (tertiary/aromatic N) is 1. The maximum atomic E-state index is 12.4. The minimum atomic E-state index is -3.41. The molecular weight excluding hydrogens is 217 g/mol. The van der Waals surface area contributed by atoms with Gasteiger partial charge in [0.1, 0.15) is 5.28 Å². The van der Waals surface area contributed by atoms with Crippen LogP contribution in [0.3, 0.4) is 0 Å². The number of rotatable bonds is 5. The zero-order valence-corrected chi connectivity index (χ0v) is 10.2. The Morgan fingerprint density at radius 3 is 2.33 bits per heavy atom. The van der Waals surface area contributed by atoms with Crippen LogP contribution in [0.5, 0.6) is 0 Å². The smallest absolute Gasteiger partial charge is 0.353 e. The van der Waals surface area contributed by atoms with Gasteiger partial charge in [0.25, 0.3) is 0 Å². The van der Waals surface area contributed by atoms with Gasteiger partial charge in [-0.05, 0) is 20.8 Å². The minimum absolute atomic E-state index is 0.223. The Kier molecular flexibility index (Phi) is 4.09. The molecule has 0 saturated heterocycles. The number of hydroxylamine groups is 2. The van der Waals surface area contributed by atoms with Gasteiger partial charge < -0.3 is 19.3 Å². The van der Waals surface area contributed by atoms with Gasteiger partial charge in [-0.1, -0.05) is 12.2 Å². The summed E-state index contributed by atoms with van der Waals surface area (Å²) in [4.78, 5) is 0. The van der Waals surface area contributed by atoms with E-state index in [1.807, 2.05) is 0 Å². The van der Waals surface area contributed by atoms with Crippen molar-refractivity contribution in [3.05, 3.63) is 17.4 Å². The first-order valence-corrected chi connectivity index (χ1v) is 6.56. The first-order valence-electron chi connectivity index (χ1n) is 5.02. The normalized spacial score (nSPS) is 27.5. The minimum Gasteiger partial charge on any atom is -0.784 e. The van der Waals surface area contributed by atoms with Crippen molar-refractivity contribution in [1.29, 1.82) is 0 Å². The van der Waals surface area contributed by atoms with Gasteiger partial charge in [-0.3, -0.25) is 4.57 Å². The summed E-state index contributed by atoms with van der Waals surface area (Å²) in [6.07, 6.45) is 3.28. The van der Waals surface area contributed by atoms with Gasteiger partial charge in [0.15, 0.2) is 0 Å². The molecule has 0 fully saturated rings. The van der Waals surface area contributed by atoms with Gasteiger partial charge in [0.2, 0.25) is 0 Å². The maximum absolute atomic E-state index is 12.4. The van der Waals surface area contributed by atoms with Gasteiger partial charge in [-0.15, -0.1) is 0 Å². The molecule has 6 heteroatoms. The Hall–Kier alpha value is -0.190. The average molecular weight is 234 g/mol. The monoisotopic (exact) mass is 234 g/mol. The van der Waals surface area contributed by atoms with E-state index in [0.29, 0.717) is 0 Å². The number of hydrogen-bond donors (Lipinski definition) is 0. The predicted octanol–water partition coefficient (Wildman–Crippen LogP) is 2.34. The Morgan fingerprint density at radius 1 is 1.47 bits per heavy atom. The number of hydrogen-bond acceptors (Lipinski definition) is 5. The maximum Gasteiger partial charge on any atom is 0.353 e. The molecule has 1 aliphatic rings. The van der Waals surface area contributed by atoms with Crippen molar-refractivity contribution < 1.29 is 13.6 Å². The van der Waals surface area contributed by atoms with Gasteiger partial charge in [-0.2, -0.15) is 0 Å². The summed E-state index contributed by atoms with van der Waals surface area (Å²) in [5.74, 6) is 0. The first-order chi connectivity index (χ1) is 7.00. The third-order valence-electron chi connectivity index (χ3n) is 2.36. The highest BCUT2D eigenvalue weighted by atomic mass is 31.2. The Morgan fingerprint density at radius 2 is 2.00 bits per heavy atom. The van der Waals surface area contributed by atoms with E-state index in [1.165, 1.54) is 0 Å². The molecule has 0 spiro atoms. The Labute approximate surface area is 90.2 Å². The first kappa shape index (κ1) is 12.9. The van der Waals surface area contributed by atoms with Crippen LogP contribution in [0.25, 0.3) is 0 Å². The van der Waals surface area contributed by atoms with Crippen molar-refractivity contribution in [1.82, 2.24) is 5.06 Å². The fraction of sp³-hybridized carbons (Fsp3) is 0.778. The van der Waals surface area contributed by atoms with Gasteiger partial charge >= 0.3 is 7.60 Å². The average Bonchev–Trinajstić information content (AvgIpc) is 2.49. The molecule has 0 bridgehead atoms. The van der Waals surface area contributed by atoms with E-state index >= 15 is 0 Å². The van der Waals surface area contributed by atoms with Crippen LogP contribution in [0, 0.1) is 5.21 Å². The summed E-state index contributed by atoms with van der Waals surface area (Å²) < 4.78 is 22.7. The summed E-state index contributed by atoms with van der Waals surface area (Å²) in [5.41, 5.74) is 0. The van der Waals surface area contributed by atoms with Crippen molar-refractivity contribution >= 4 is 7.60 Å². The molecule has 1 aliphatic heterocycles. The molecule has 0 aromatic heterocycles. The van der Waals surface area contributed by atoms with E-state index in [1.54, 1.807) is 32.9 Å². The molecule has 1 atom stereocenters. The highest BCUT2D eigenvalue weighted by Gasteiger charge is 2.47. The molecule has 1 heterocycles. The Bertz CT molecular complexity index is 284. The van der Waals surface area contributed by atoms with Crippen LogP contribution < -0.4 is 0 Å². The molecule has 5 nitrogen and oxygen atoms in total. The lowest BCUT2D eigenvalue weighted by molar-refractivity contribution is 0.175. The lowest BCUT2D eigenvalue weighted by Gasteiger charge is -2.43. The summed E-state index contributed by atoms with van der Waals surface area (Å²) in [5, 5.41) is 11.2. The zero-order chi connectivity index (χ0) is 11.5. The van der Waals surface area contributed by atoms with Gasteiger partial charge in [0, 0.05) is 6.54 Å². The molecule has 0 radical (unpaired) electrons. The van der Waals surface area contributed by atoms with Crippen LogP contribution in [0.2, 0.25) is 0 Å². The van der Waals surface area contributed by atoms with Gasteiger partial charge in [0.05, 0.1) is 13.2 Å². The second-order valence-corrected chi connectivity index (χ2v) is 5.81. The van der Waals surface area contributed by atoms with E-state index in [2.05, 4.69) is 0 Å². The summed E-state index contributed by atoms with van der Waals surface area (Å²) in [7, 11) is -3.41. The third-order valence-corrected chi connectivity index (χ3v) is 5.04. The topological polar surface area (TPSA) is 61.8 Å². The summed E-state index contributed by atoms with van der Waals surface area (Å²) in [6, 6.07) is 0. The van der Waals surface area contributed by atoms with E-state index in [4.69, 9.17) is 9.05 Å². The molecule has 0 N–H and O–H groups in total. The predicted molar refractivity (Wildman–Crippen MR) is 58.5 cm³/mol. The zero-order valence-electron chi connectivity index (χ0n) is 9.30. The largest absolute Gasteiger partial charge is 0.784 e. The van der Waals surface area contributed by atoms with Crippen molar-refractivity contribution in [3.8, 4) is 0 Å². The quantitative estimate of drug-likeness (QED) is 0.539. The molecule has 15 heavy (non-hydrogen) atoms. The van der Waals surface area contributed by atoms with E-state index in [-0.39, 0.29) is 19.8 Å². The molecule has 0 aromatic carbocycles. The summed E-state index contributed by atoms with van der Waals surface area (Å²) in [6.45, 7) is 5.77. The van der Waals surface area contributed by atoms with Crippen molar-refractivity contribution in [3.63, 3.8) is 0 Å². The van der Waals surface area contributed by atoms with E-state index < -0.39 is 12.9 Å². The lowest BCUT2D eigenvalue weighted by Crippen LogP contribution is -2.38. The van der Waals surface area contributed by atoms with Crippen LogP contribution in [-0.4, -0.2) is 30.1 Å².